The minimum atomic E-state index is -0.922. The third kappa shape index (κ3) is 7.69. The molecule has 1 N–H and O–H groups in total. The van der Waals surface area contributed by atoms with Crippen molar-refractivity contribution in [3.8, 4) is 0 Å². The second kappa shape index (κ2) is 10.2. The van der Waals surface area contributed by atoms with Gasteiger partial charge in [-0.3, -0.25) is 14.9 Å². The summed E-state index contributed by atoms with van der Waals surface area (Å²) >= 11 is 3.32. The number of Topliss-reactive ketones (excluding diaryl/α,β-unsaturated/α-hetero) is 1. The minimum absolute atomic E-state index is 0.0155. The van der Waals surface area contributed by atoms with E-state index in [2.05, 4.69) is 21.2 Å². The number of nitrogens with zero attached hydrogens (tertiary/aromatic N) is 1. The minimum Gasteiger partial charge on any atom is -0.436 e. The van der Waals surface area contributed by atoms with E-state index in [0.29, 0.717) is 18.7 Å². The zero-order chi connectivity index (χ0) is 19.0. The number of anilines is 1. The number of nitrogens with one attached hydrogen (secondary N) is 1. The number of hydrogen-bond acceptors (Lipinski definition) is 4. The zero-order valence-electron chi connectivity index (χ0n) is 15.0. The second-order valence-corrected chi connectivity index (χ2v) is 7.13. The Balaban J connectivity index is 2.79. The highest BCUT2D eigenvalue weighted by molar-refractivity contribution is 9.10. The Morgan fingerprint density at radius 2 is 1.80 bits per heavy atom. The first-order valence-corrected chi connectivity index (χ1v) is 9.03. The molecule has 1 rings (SSSR count). The van der Waals surface area contributed by atoms with Crippen molar-refractivity contribution in [2.45, 2.75) is 40.2 Å². The van der Waals surface area contributed by atoms with Crippen molar-refractivity contribution >= 4 is 39.4 Å². The third-order valence-corrected chi connectivity index (χ3v) is 3.94. The molecule has 7 heteroatoms. The summed E-state index contributed by atoms with van der Waals surface area (Å²) in [4.78, 5) is 37.5. The summed E-state index contributed by atoms with van der Waals surface area (Å²) in [5, 5.41) is 2.61. The number of benzene rings is 1. The molecule has 0 unspecified atom stereocenters. The van der Waals surface area contributed by atoms with Gasteiger partial charge in [0.05, 0.1) is 6.54 Å². The van der Waals surface area contributed by atoms with Gasteiger partial charge in [0.1, 0.15) is 5.78 Å². The average Bonchev–Trinajstić information content (AvgIpc) is 2.53. The molecule has 0 aliphatic heterocycles. The summed E-state index contributed by atoms with van der Waals surface area (Å²) in [5.41, 5.74) is 0.569. The maximum absolute atomic E-state index is 12.6. The molecule has 2 amide bonds. The van der Waals surface area contributed by atoms with E-state index in [4.69, 9.17) is 4.74 Å². The Labute approximate surface area is 157 Å². The molecule has 25 heavy (non-hydrogen) atoms. The van der Waals surface area contributed by atoms with Crippen LogP contribution in [0.4, 0.5) is 10.5 Å². The highest BCUT2D eigenvalue weighted by Gasteiger charge is 2.28. The Morgan fingerprint density at radius 3 is 2.28 bits per heavy atom. The largest absolute Gasteiger partial charge is 0.436 e. The van der Waals surface area contributed by atoms with Crippen LogP contribution in [0.2, 0.25) is 0 Å². The highest BCUT2D eigenvalue weighted by atomic mass is 79.9. The van der Waals surface area contributed by atoms with Crippen molar-refractivity contribution in [2.24, 2.45) is 5.92 Å². The summed E-state index contributed by atoms with van der Waals surface area (Å²) in [6, 6.07) is 7.02. The van der Waals surface area contributed by atoms with E-state index >= 15 is 0 Å². The number of halogens is 1. The van der Waals surface area contributed by atoms with Gasteiger partial charge in [0, 0.05) is 16.7 Å². The smallest absolute Gasteiger partial charge is 0.412 e. The van der Waals surface area contributed by atoms with Crippen LogP contribution in [0.3, 0.4) is 0 Å². The molecule has 138 valence electrons. The van der Waals surface area contributed by atoms with Crippen molar-refractivity contribution in [1.82, 2.24) is 4.90 Å². The first kappa shape index (κ1) is 21.2. The number of amides is 2. The van der Waals surface area contributed by atoms with Crippen molar-refractivity contribution in [1.29, 1.82) is 0 Å². The lowest BCUT2D eigenvalue weighted by atomic mass is 10.0. The van der Waals surface area contributed by atoms with Gasteiger partial charge >= 0.3 is 6.09 Å². The molecule has 1 aromatic rings. The van der Waals surface area contributed by atoms with Crippen LogP contribution >= 0.6 is 15.9 Å². The molecule has 1 aromatic carbocycles. The molecular formula is C18H25BrN2O4. The van der Waals surface area contributed by atoms with Gasteiger partial charge in [0.15, 0.2) is 6.10 Å². The van der Waals surface area contributed by atoms with Gasteiger partial charge in [0.2, 0.25) is 0 Å². The number of ketones is 1. The zero-order valence-corrected chi connectivity index (χ0v) is 16.6. The van der Waals surface area contributed by atoms with Gasteiger partial charge in [-0.1, -0.05) is 29.8 Å². The van der Waals surface area contributed by atoms with Crippen LogP contribution in [0.5, 0.6) is 0 Å². The predicted molar refractivity (Wildman–Crippen MR) is 100 cm³/mol. The van der Waals surface area contributed by atoms with Crippen LogP contribution in [-0.4, -0.2) is 41.9 Å². The fourth-order valence-electron chi connectivity index (χ4n) is 2.26. The van der Waals surface area contributed by atoms with Crippen LogP contribution in [-0.2, 0) is 14.3 Å². The topological polar surface area (TPSA) is 75.7 Å². The van der Waals surface area contributed by atoms with Crippen LogP contribution < -0.4 is 5.32 Å². The van der Waals surface area contributed by atoms with E-state index in [-0.39, 0.29) is 24.2 Å². The standard InChI is InChI=1S/C18H25BrN2O4/c1-5-21(11-13(4)22)17(23)16(10-12(2)3)25-18(24)20-15-8-6-14(19)7-9-15/h6-9,12,16H,5,10-11H2,1-4H3,(H,20,24)/t16-/m0/s1. The van der Waals surface area contributed by atoms with E-state index in [1.165, 1.54) is 11.8 Å². The average molecular weight is 413 g/mol. The predicted octanol–water partition coefficient (Wildman–Crippen LogP) is 3.85. The van der Waals surface area contributed by atoms with Gasteiger partial charge in [-0.25, -0.2) is 4.79 Å². The first-order chi connectivity index (χ1) is 11.7. The first-order valence-electron chi connectivity index (χ1n) is 8.24. The Hall–Kier alpha value is -1.89. The van der Waals surface area contributed by atoms with Crippen LogP contribution in [0.1, 0.15) is 34.1 Å². The fraction of sp³-hybridized carbons (Fsp3) is 0.500. The van der Waals surface area contributed by atoms with Gasteiger partial charge in [-0.15, -0.1) is 0 Å². The van der Waals surface area contributed by atoms with Gasteiger partial charge in [-0.2, -0.15) is 0 Å². The third-order valence-electron chi connectivity index (χ3n) is 3.41. The van der Waals surface area contributed by atoms with Crippen LogP contribution in [0.15, 0.2) is 28.7 Å². The van der Waals surface area contributed by atoms with E-state index in [1.54, 1.807) is 31.2 Å². The molecule has 0 heterocycles. The summed E-state index contributed by atoms with van der Waals surface area (Å²) in [6.07, 6.45) is -1.23. The lowest BCUT2D eigenvalue weighted by Gasteiger charge is -2.26. The van der Waals surface area contributed by atoms with Crippen LogP contribution in [0.25, 0.3) is 0 Å². The molecule has 0 saturated carbocycles. The van der Waals surface area contributed by atoms with Crippen molar-refractivity contribution in [3.05, 3.63) is 28.7 Å². The SMILES string of the molecule is CCN(CC(C)=O)C(=O)[C@H](CC(C)C)OC(=O)Nc1ccc(Br)cc1. The molecule has 0 aliphatic carbocycles. The number of hydrogen-bond donors (Lipinski definition) is 1. The molecule has 0 aliphatic rings. The number of ether oxygens (including phenoxy) is 1. The Bertz CT molecular complexity index is 602. The molecular weight excluding hydrogens is 388 g/mol. The fourth-order valence-corrected chi connectivity index (χ4v) is 2.52. The maximum Gasteiger partial charge on any atom is 0.412 e. The van der Waals surface area contributed by atoms with Crippen molar-refractivity contribution in [2.75, 3.05) is 18.4 Å². The van der Waals surface area contributed by atoms with E-state index in [1.807, 2.05) is 13.8 Å². The maximum atomic E-state index is 12.6. The number of likely N-dealkylation sites (N-methyl/N-ethyl adjacent to an activating group) is 1. The number of rotatable bonds is 8. The van der Waals surface area contributed by atoms with E-state index in [0.717, 1.165) is 4.47 Å². The molecule has 0 bridgehead atoms. The molecule has 0 spiro atoms. The molecule has 0 fully saturated rings. The summed E-state index contributed by atoms with van der Waals surface area (Å²) in [7, 11) is 0. The lowest BCUT2D eigenvalue weighted by molar-refractivity contribution is -0.143. The molecule has 0 saturated heterocycles. The van der Waals surface area contributed by atoms with Gasteiger partial charge < -0.3 is 9.64 Å². The highest BCUT2D eigenvalue weighted by Crippen LogP contribution is 2.16. The van der Waals surface area contributed by atoms with Gasteiger partial charge in [-0.05, 0) is 50.5 Å². The Morgan fingerprint density at radius 1 is 1.20 bits per heavy atom. The molecule has 0 radical (unpaired) electrons. The second-order valence-electron chi connectivity index (χ2n) is 6.21. The summed E-state index contributed by atoms with van der Waals surface area (Å²) < 4.78 is 6.25. The quantitative estimate of drug-likeness (QED) is 0.703. The Kier molecular flexibility index (Phi) is 8.61. The van der Waals surface area contributed by atoms with Crippen molar-refractivity contribution in [3.63, 3.8) is 0 Å². The van der Waals surface area contributed by atoms with Gasteiger partial charge in [0.25, 0.3) is 5.91 Å². The summed E-state index contributed by atoms with van der Waals surface area (Å²) in [5.74, 6) is -0.305. The lowest BCUT2D eigenvalue weighted by Crippen LogP contribution is -2.44. The van der Waals surface area contributed by atoms with Crippen molar-refractivity contribution < 1.29 is 19.1 Å². The summed E-state index contributed by atoms with van der Waals surface area (Å²) in [6.45, 7) is 7.49. The van der Waals surface area contributed by atoms with E-state index in [9.17, 15) is 14.4 Å². The molecule has 1 atom stereocenters. The normalized spacial score (nSPS) is 11.8. The van der Waals surface area contributed by atoms with Crippen LogP contribution in [0, 0.1) is 5.92 Å². The van der Waals surface area contributed by atoms with E-state index < -0.39 is 12.2 Å². The number of carbonyl (C=O) groups excluding carboxylic acids is 3. The monoisotopic (exact) mass is 412 g/mol. The number of carbonyl (C=O) groups is 3. The molecule has 0 aromatic heterocycles. The molecule has 6 nitrogen and oxygen atoms in total.